The zero-order valence-electron chi connectivity index (χ0n) is 32.6. The Hall–Kier alpha value is -6.88. The van der Waals surface area contributed by atoms with E-state index in [0.717, 1.165) is 54.3 Å². The van der Waals surface area contributed by atoms with Crippen LogP contribution in [-0.2, 0) is 5.41 Å². The van der Waals surface area contributed by atoms with Crippen molar-refractivity contribution in [2.45, 2.75) is 26.2 Å². The number of aromatic hydroxyl groups is 1. The molecular formula is C54H40N2OS. The molecule has 0 aliphatic carbocycles. The first-order valence-electron chi connectivity index (χ1n) is 19.7. The molecule has 0 radical (unpaired) electrons. The maximum Gasteiger partial charge on any atom is 0.126 e. The zero-order chi connectivity index (χ0) is 39.4. The number of phenols is 1. The van der Waals surface area contributed by atoms with Crippen molar-refractivity contribution in [1.29, 1.82) is 0 Å². The maximum absolute atomic E-state index is 10.7. The minimum absolute atomic E-state index is 0.0516. The van der Waals surface area contributed by atoms with Crippen LogP contribution in [0.3, 0.4) is 0 Å². The molecule has 1 heterocycles. The molecule has 0 spiro atoms. The predicted octanol–water partition coefficient (Wildman–Crippen LogP) is 15.2. The van der Waals surface area contributed by atoms with Crippen LogP contribution >= 0.6 is 11.3 Å². The van der Waals surface area contributed by atoms with E-state index in [2.05, 4.69) is 160 Å². The van der Waals surface area contributed by atoms with Gasteiger partial charge in [0.25, 0.3) is 0 Å². The summed E-state index contributed by atoms with van der Waals surface area (Å²) in [6, 6.07) is 62.3. The highest BCUT2D eigenvalue weighted by atomic mass is 32.1. The van der Waals surface area contributed by atoms with E-state index in [1.165, 1.54) is 43.4 Å². The summed E-state index contributed by atoms with van der Waals surface area (Å²) >= 11 is 1.69. The maximum atomic E-state index is 10.7. The van der Waals surface area contributed by atoms with Crippen molar-refractivity contribution in [3.05, 3.63) is 187 Å². The van der Waals surface area contributed by atoms with Gasteiger partial charge in [0.15, 0.2) is 0 Å². The summed E-state index contributed by atoms with van der Waals surface area (Å²) in [5.41, 5.74) is 11.5. The Kier molecular flexibility index (Phi) is 8.73. The highest BCUT2D eigenvalue weighted by molar-refractivity contribution is 7.21. The standard InChI is InChI=1S/C54H40N2OS/c1-54(2,3)40-27-28-50(57)39(29-40)33-55-49-22-11-10-20-46(49)53-56-52-48(44-21-12-15-35-13-4-6-16-41(35)44)31-38(32-51(52)58-53)34-23-25-36(26-24-34)47-30-37-14-5-7-17-42(37)43-18-8-9-19-45(43)47/h4-33,57H,1-3H3. The second kappa shape index (κ2) is 14.3. The van der Waals surface area contributed by atoms with Crippen LogP contribution in [0.4, 0.5) is 5.69 Å². The SMILES string of the molecule is CC(C)(C)c1ccc(O)c(C=Nc2ccccc2-c2nc3c(-c4cccc5ccccc45)cc(-c4ccc(-c5cc6ccccc6c6ccccc56)cc4)cc3s2)c1. The smallest absolute Gasteiger partial charge is 0.126 e. The van der Waals surface area contributed by atoms with E-state index in [0.29, 0.717) is 5.56 Å². The molecule has 0 atom stereocenters. The third-order valence-corrected chi connectivity index (χ3v) is 12.3. The van der Waals surface area contributed by atoms with Crippen molar-refractivity contribution in [3.63, 3.8) is 0 Å². The number of phenolic OH excluding ortho intramolecular Hbond substituents is 1. The van der Waals surface area contributed by atoms with Gasteiger partial charge in [0.2, 0.25) is 0 Å². The Morgan fingerprint density at radius 1 is 0.517 bits per heavy atom. The summed E-state index contributed by atoms with van der Waals surface area (Å²) in [6.45, 7) is 6.51. The van der Waals surface area contributed by atoms with E-state index in [-0.39, 0.29) is 11.2 Å². The molecule has 3 nitrogen and oxygen atoms in total. The molecule has 0 unspecified atom stereocenters. The average Bonchev–Trinajstić information content (AvgIpc) is 3.69. The highest BCUT2D eigenvalue weighted by Crippen LogP contribution is 2.44. The third-order valence-electron chi connectivity index (χ3n) is 11.2. The molecule has 9 aromatic carbocycles. The zero-order valence-corrected chi connectivity index (χ0v) is 33.4. The van der Waals surface area contributed by atoms with Crippen LogP contribution in [0.1, 0.15) is 31.9 Å². The molecule has 0 aliphatic heterocycles. The van der Waals surface area contributed by atoms with Crippen molar-refractivity contribution in [2.24, 2.45) is 4.99 Å². The second-order valence-electron chi connectivity index (χ2n) is 16.0. The fraction of sp³-hybridized carbons (Fsp3) is 0.0741. The first-order valence-corrected chi connectivity index (χ1v) is 20.5. The number of para-hydroxylation sites is 1. The lowest BCUT2D eigenvalue weighted by atomic mass is 9.86. The van der Waals surface area contributed by atoms with Crippen molar-refractivity contribution >= 4 is 65.8 Å². The van der Waals surface area contributed by atoms with E-state index < -0.39 is 0 Å². The van der Waals surface area contributed by atoms with Crippen LogP contribution in [0.2, 0.25) is 0 Å². The van der Waals surface area contributed by atoms with E-state index in [1.807, 2.05) is 30.3 Å². The first-order chi connectivity index (χ1) is 28.3. The quantitative estimate of drug-likeness (QED) is 0.135. The minimum Gasteiger partial charge on any atom is -0.507 e. The Morgan fingerprint density at radius 2 is 1.17 bits per heavy atom. The summed E-state index contributed by atoms with van der Waals surface area (Å²) < 4.78 is 1.11. The molecule has 58 heavy (non-hydrogen) atoms. The van der Waals surface area contributed by atoms with Gasteiger partial charge in [0, 0.05) is 22.9 Å². The van der Waals surface area contributed by atoms with E-state index in [4.69, 9.17) is 9.98 Å². The minimum atomic E-state index is -0.0516. The largest absolute Gasteiger partial charge is 0.507 e. The van der Waals surface area contributed by atoms with Crippen molar-refractivity contribution in [2.75, 3.05) is 0 Å². The van der Waals surface area contributed by atoms with Gasteiger partial charge in [-0.05, 0) is 114 Å². The summed E-state index contributed by atoms with van der Waals surface area (Å²) in [4.78, 5) is 10.3. The van der Waals surface area contributed by atoms with Crippen LogP contribution in [0.15, 0.2) is 181 Å². The van der Waals surface area contributed by atoms with Crippen LogP contribution in [-0.4, -0.2) is 16.3 Å². The van der Waals surface area contributed by atoms with Gasteiger partial charge < -0.3 is 5.11 Å². The van der Waals surface area contributed by atoms with Gasteiger partial charge in [-0.15, -0.1) is 11.3 Å². The average molecular weight is 765 g/mol. The summed E-state index contributed by atoms with van der Waals surface area (Å²) in [5.74, 6) is 0.208. The number of hydrogen-bond acceptors (Lipinski definition) is 4. The monoisotopic (exact) mass is 764 g/mol. The molecule has 0 bridgehead atoms. The summed E-state index contributed by atoms with van der Waals surface area (Å²) in [7, 11) is 0. The third kappa shape index (κ3) is 6.42. The summed E-state index contributed by atoms with van der Waals surface area (Å²) in [5, 5.41) is 19.1. The topological polar surface area (TPSA) is 45.5 Å². The van der Waals surface area contributed by atoms with Gasteiger partial charge in [-0.3, -0.25) is 4.99 Å². The lowest BCUT2D eigenvalue weighted by Gasteiger charge is -2.19. The lowest BCUT2D eigenvalue weighted by Crippen LogP contribution is -2.11. The predicted molar refractivity (Wildman–Crippen MR) is 248 cm³/mol. The molecule has 278 valence electrons. The molecule has 10 rings (SSSR count). The highest BCUT2D eigenvalue weighted by Gasteiger charge is 2.19. The van der Waals surface area contributed by atoms with E-state index in [1.54, 1.807) is 23.6 Å². The molecule has 4 heteroatoms. The first kappa shape index (κ1) is 35.5. The molecular weight excluding hydrogens is 725 g/mol. The van der Waals surface area contributed by atoms with Gasteiger partial charge in [-0.2, -0.15) is 0 Å². The Labute approximate surface area is 342 Å². The number of rotatable bonds is 6. The van der Waals surface area contributed by atoms with Crippen LogP contribution in [0, 0.1) is 0 Å². The molecule has 10 aromatic rings. The van der Waals surface area contributed by atoms with Crippen LogP contribution < -0.4 is 0 Å². The number of hydrogen-bond donors (Lipinski definition) is 1. The van der Waals surface area contributed by atoms with Crippen molar-refractivity contribution in [1.82, 2.24) is 4.98 Å². The lowest BCUT2D eigenvalue weighted by molar-refractivity contribution is 0.473. The fourth-order valence-electron chi connectivity index (χ4n) is 8.14. The molecule has 0 amide bonds. The van der Waals surface area contributed by atoms with Crippen molar-refractivity contribution < 1.29 is 5.11 Å². The number of fused-ring (bicyclic) bond motifs is 5. The van der Waals surface area contributed by atoms with E-state index in [9.17, 15) is 5.11 Å². The number of aliphatic imine (C=N–C) groups is 1. The van der Waals surface area contributed by atoms with Crippen molar-refractivity contribution in [3.8, 4) is 49.7 Å². The van der Waals surface area contributed by atoms with Gasteiger partial charge in [-0.25, -0.2) is 4.98 Å². The van der Waals surface area contributed by atoms with E-state index >= 15 is 0 Å². The molecule has 0 fully saturated rings. The Morgan fingerprint density at radius 3 is 1.98 bits per heavy atom. The Bertz CT molecular complexity index is 3220. The molecule has 0 saturated heterocycles. The van der Waals surface area contributed by atoms with Gasteiger partial charge >= 0.3 is 0 Å². The Balaban J connectivity index is 1.10. The summed E-state index contributed by atoms with van der Waals surface area (Å²) in [6.07, 6.45) is 1.76. The number of nitrogens with zero attached hydrogens (tertiary/aromatic N) is 2. The van der Waals surface area contributed by atoms with Gasteiger partial charge in [-0.1, -0.05) is 154 Å². The molecule has 0 saturated carbocycles. The van der Waals surface area contributed by atoms with Crippen LogP contribution in [0.25, 0.3) is 86.5 Å². The second-order valence-corrected chi connectivity index (χ2v) is 17.0. The molecule has 1 aromatic heterocycles. The molecule has 0 aliphatic rings. The van der Waals surface area contributed by atoms with Gasteiger partial charge in [0.05, 0.1) is 15.9 Å². The normalized spacial score (nSPS) is 12.1. The van der Waals surface area contributed by atoms with Crippen LogP contribution in [0.5, 0.6) is 5.75 Å². The fourth-order valence-corrected chi connectivity index (χ4v) is 9.21. The number of thiazole rings is 1. The number of benzene rings is 9. The van der Waals surface area contributed by atoms with Gasteiger partial charge in [0.1, 0.15) is 10.8 Å². The number of aromatic nitrogens is 1. The molecule has 1 N–H and O–H groups in total.